The molecule has 0 aliphatic carbocycles. The third kappa shape index (κ3) is 2.25. The molecule has 0 radical (unpaired) electrons. The van der Waals surface area contributed by atoms with Crippen molar-refractivity contribution in [2.75, 3.05) is 0 Å². The van der Waals surface area contributed by atoms with Crippen molar-refractivity contribution in [3.05, 3.63) is 47.5 Å². The van der Waals surface area contributed by atoms with Crippen LogP contribution in [0.3, 0.4) is 0 Å². The molecule has 0 unspecified atom stereocenters. The molecule has 0 atom stereocenters. The number of nitrogens with zero attached hydrogens (tertiary/aromatic N) is 2. The van der Waals surface area contributed by atoms with Crippen LogP contribution in [-0.2, 0) is 6.54 Å². The lowest BCUT2D eigenvalue weighted by atomic mass is 10.1. The zero-order valence-electron chi connectivity index (χ0n) is 8.90. The summed E-state index contributed by atoms with van der Waals surface area (Å²) < 4.78 is 0. The lowest BCUT2D eigenvalue weighted by Gasteiger charge is -2.05. The zero-order chi connectivity index (χ0) is 11.4. The maximum atomic E-state index is 11.6. The van der Waals surface area contributed by atoms with Crippen LogP contribution >= 0.6 is 0 Å². The van der Waals surface area contributed by atoms with Crippen molar-refractivity contribution in [3.8, 4) is 0 Å². The van der Waals surface area contributed by atoms with Crippen molar-refractivity contribution in [3.63, 3.8) is 0 Å². The van der Waals surface area contributed by atoms with Crippen LogP contribution in [0.2, 0.25) is 0 Å². The lowest BCUT2D eigenvalue weighted by Crippen LogP contribution is -2.22. The van der Waals surface area contributed by atoms with Crippen molar-refractivity contribution in [1.29, 1.82) is 0 Å². The number of amides is 1. The van der Waals surface area contributed by atoms with Crippen LogP contribution in [0.5, 0.6) is 0 Å². The normalized spacial score (nSPS) is 10.1. The predicted molar refractivity (Wildman–Crippen MR) is 58.7 cm³/mol. The molecule has 0 saturated heterocycles. The fourth-order valence-electron chi connectivity index (χ4n) is 1.33. The Morgan fingerprint density at radius 2 is 2.38 bits per heavy atom. The highest BCUT2D eigenvalue weighted by Gasteiger charge is 2.06. The Bertz CT molecular complexity index is 478. The van der Waals surface area contributed by atoms with Gasteiger partial charge in [0.2, 0.25) is 0 Å². The molecule has 2 aromatic heterocycles. The number of carbonyl (C=O) groups excluding carboxylic acids is 1. The van der Waals surface area contributed by atoms with Gasteiger partial charge in [0.25, 0.3) is 5.91 Å². The minimum Gasteiger partial charge on any atom is -0.348 e. The van der Waals surface area contributed by atoms with Crippen molar-refractivity contribution < 1.29 is 4.79 Å². The van der Waals surface area contributed by atoms with E-state index in [1.165, 1.54) is 6.20 Å². The highest BCUT2D eigenvalue weighted by Crippen LogP contribution is 2.04. The van der Waals surface area contributed by atoms with Gasteiger partial charge in [0.1, 0.15) is 0 Å². The fourth-order valence-corrected chi connectivity index (χ4v) is 1.33. The van der Waals surface area contributed by atoms with E-state index >= 15 is 0 Å². The summed E-state index contributed by atoms with van der Waals surface area (Å²) in [5.41, 5.74) is 2.66. The molecule has 16 heavy (non-hydrogen) atoms. The average molecular weight is 216 g/mol. The molecule has 2 rings (SSSR count). The van der Waals surface area contributed by atoms with E-state index in [1.807, 2.05) is 13.0 Å². The van der Waals surface area contributed by atoms with Gasteiger partial charge in [0, 0.05) is 25.1 Å². The Labute approximate surface area is 92.9 Å². The summed E-state index contributed by atoms with van der Waals surface area (Å²) in [4.78, 5) is 15.6. The molecule has 2 heterocycles. The highest BCUT2D eigenvalue weighted by molar-refractivity contribution is 5.93. The molecule has 0 bridgehead atoms. The monoisotopic (exact) mass is 216 g/mol. The van der Waals surface area contributed by atoms with Crippen LogP contribution in [0.4, 0.5) is 0 Å². The van der Waals surface area contributed by atoms with Gasteiger partial charge in [-0.15, -0.1) is 0 Å². The smallest absolute Gasteiger partial charge is 0.254 e. The number of aromatic amines is 1. The van der Waals surface area contributed by atoms with Gasteiger partial charge in [0.15, 0.2) is 0 Å². The van der Waals surface area contributed by atoms with E-state index in [9.17, 15) is 4.79 Å². The van der Waals surface area contributed by atoms with E-state index < -0.39 is 0 Å². The van der Waals surface area contributed by atoms with Crippen LogP contribution in [0.25, 0.3) is 0 Å². The third-order valence-electron chi connectivity index (χ3n) is 2.35. The first-order chi connectivity index (χ1) is 7.77. The Kier molecular flexibility index (Phi) is 2.95. The van der Waals surface area contributed by atoms with Gasteiger partial charge in [-0.25, -0.2) is 0 Å². The van der Waals surface area contributed by atoms with Crippen LogP contribution in [0.15, 0.2) is 30.9 Å². The van der Waals surface area contributed by atoms with Crippen LogP contribution in [0, 0.1) is 6.92 Å². The number of rotatable bonds is 3. The van der Waals surface area contributed by atoms with Crippen molar-refractivity contribution in [1.82, 2.24) is 20.5 Å². The number of carbonyl (C=O) groups is 1. The lowest BCUT2D eigenvalue weighted by molar-refractivity contribution is 0.0951. The maximum absolute atomic E-state index is 11.6. The van der Waals surface area contributed by atoms with E-state index in [4.69, 9.17) is 0 Å². The first kappa shape index (κ1) is 10.4. The topological polar surface area (TPSA) is 70.7 Å². The first-order valence-electron chi connectivity index (χ1n) is 4.94. The van der Waals surface area contributed by atoms with E-state index in [1.54, 1.807) is 18.6 Å². The second-order valence-electron chi connectivity index (χ2n) is 3.47. The number of aryl methyl sites for hydroxylation is 1. The second-order valence-corrected chi connectivity index (χ2v) is 3.47. The summed E-state index contributed by atoms with van der Waals surface area (Å²) in [6, 6.07) is 1.92. The summed E-state index contributed by atoms with van der Waals surface area (Å²) in [6.07, 6.45) is 6.54. The largest absolute Gasteiger partial charge is 0.348 e. The van der Waals surface area contributed by atoms with Gasteiger partial charge < -0.3 is 5.32 Å². The number of pyridine rings is 1. The van der Waals surface area contributed by atoms with Crippen molar-refractivity contribution in [2.45, 2.75) is 13.5 Å². The minimum atomic E-state index is -0.142. The van der Waals surface area contributed by atoms with E-state index in [0.717, 1.165) is 11.1 Å². The van der Waals surface area contributed by atoms with Crippen LogP contribution < -0.4 is 5.32 Å². The first-order valence-corrected chi connectivity index (χ1v) is 4.94. The summed E-state index contributed by atoms with van der Waals surface area (Å²) in [7, 11) is 0. The third-order valence-corrected chi connectivity index (χ3v) is 2.35. The molecule has 0 aliphatic heterocycles. The summed E-state index contributed by atoms with van der Waals surface area (Å²) >= 11 is 0. The number of nitrogens with one attached hydrogen (secondary N) is 2. The summed E-state index contributed by atoms with van der Waals surface area (Å²) in [5.74, 6) is -0.142. The van der Waals surface area contributed by atoms with Gasteiger partial charge in [-0.3, -0.25) is 14.9 Å². The van der Waals surface area contributed by atoms with Gasteiger partial charge in [-0.05, 0) is 24.1 Å². The van der Waals surface area contributed by atoms with Crippen molar-refractivity contribution in [2.24, 2.45) is 0 Å². The van der Waals surface area contributed by atoms with Crippen LogP contribution in [-0.4, -0.2) is 21.1 Å². The Balaban J connectivity index is 1.98. The molecule has 0 spiro atoms. The van der Waals surface area contributed by atoms with Gasteiger partial charge >= 0.3 is 0 Å². The molecule has 5 heteroatoms. The highest BCUT2D eigenvalue weighted by atomic mass is 16.1. The standard InChI is InChI=1S/C11H12N4O/c1-8-2-3-12-4-9(8)5-13-11(16)10-6-14-15-7-10/h2-4,6-7H,5H2,1H3,(H,13,16)(H,14,15). The number of aromatic nitrogens is 3. The number of hydrogen-bond donors (Lipinski definition) is 2. The fraction of sp³-hybridized carbons (Fsp3) is 0.182. The van der Waals surface area contributed by atoms with Crippen molar-refractivity contribution >= 4 is 5.91 Å². The molecule has 82 valence electrons. The van der Waals surface area contributed by atoms with E-state index in [0.29, 0.717) is 12.1 Å². The quantitative estimate of drug-likeness (QED) is 0.805. The predicted octanol–water partition coefficient (Wildman–Crippen LogP) is 1.04. The molecule has 1 amide bonds. The molecule has 5 nitrogen and oxygen atoms in total. The average Bonchev–Trinajstić information content (AvgIpc) is 2.81. The molecule has 0 aliphatic rings. The molecule has 0 aromatic carbocycles. The molecular formula is C11H12N4O. The van der Waals surface area contributed by atoms with E-state index in [-0.39, 0.29) is 5.91 Å². The van der Waals surface area contributed by atoms with Gasteiger partial charge in [-0.1, -0.05) is 0 Å². The Hall–Kier alpha value is -2.17. The number of H-pyrrole nitrogens is 1. The molecule has 2 aromatic rings. The zero-order valence-corrected chi connectivity index (χ0v) is 8.90. The Morgan fingerprint density at radius 1 is 1.50 bits per heavy atom. The van der Waals surface area contributed by atoms with Gasteiger partial charge in [-0.2, -0.15) is 5.10 Å². The molecule has 0 saturated carbocycles. The summed E-state index contributed by atoms with van der Waals surface area (Å²) in [5, 5.41) is 9.12. The second kappa shape index (κ2) is 4.57. The summed E-state index contributed by atoms with van der Waals surface area (Å²) in [6.45, 7) is 2.46. The van der Waals surface area contributed by atoms with E-state index in [2.05, 4.69) is 20.5 Å². The van der Waals surface area contributed by atoms with Gasteiger partial charge in [0.05, 0.1) is 11.8 Å². The molecule has 0 fully saturated rings. The van der Waals surface area contributed by atoms with Crippen LogP contribution in [0.1, 0.15) is 21.5 Å². The number of hydrogen-bond acceptors (Lipinski definition) is 3. The minimum absolute atomic E-state index is 0.142. The maximum Gasteiger partial charge on any atom is 0.254 e. The Morgan fingerprint density at radius 3 is 3.06 bits per heavy atom. The SMILES string of the molecule is Cc1ccncc1CNC(=O)c1cn[nH]c1. The molecule has 2 N–H and O–H groups in total. The molecular weight excluding hydrogens is 204 g/mol.